The molecule has 4 aliphatic rings. The summed E-state index contributed by atoms with van der Waals surface area (Å²) >= 11 is 0. The van der Waals surface area contributed by atoms with Crippen molar-refractivity contribution in [3.63, 3.8) is 0 Å². The summed E-state index contributed by atoms with van der Waals surface area (Å²) in [4.78, 5) is 33.5. The van der Waals surface area contributed by atoms with Crippen LogP contribution in [0, 0.1) is 28.6 Å². The van der Waals surface area contributed by atoms with Crippen LogP contribution in [0.4, 0.5) is 4.79 Å². The highest BCUT2D eigenvalue weighted by Gasteiger charge is 2.58. The minimum atomic E-state index is -0.738. The van der Waals surface area contributed by atoms with Crippen LogP contribution in [0.3, 0.4) is 0 Å². The molecule has 0 bridgehead atoms. The summed E-state index contributed by atoms with van der Waals surface area (Å²) in [7, 11) is 0. The van der Waals surface area contributed by atoms with E-state index in [4.69, 9.17) is 4.74 Å². The van der Waals surface area contributed by atoms with Gasteiger partial charge in [0.25, 0.3) is 0 Å². The highest BCUT2D eigenvalue weighted by molar-refractivity contribution is 5.87. The molecule has 0 spiro atoms. The van der Waals surface area contributed by atoms with E-state index in [0.29, 0.717) is 30.1 Å². The van der Waals surface area contributed by atoms with Crippen LogP contribution in [0.15, 0.2) is 11.6 Å². The fraction of sp³-hybridized carbons (Fsp3) is 0.818. The van der Waals surface area contributed by atoms with Gasteiger partial charge in [-0.1, -0.05) is 25.5 Å². The van der Waals surface area contributed by atoms with E-state index in [1.807, 2.05) is 0 Å². The second kappa shape index (κ2) is 6.91. The van der Waals surface area contributed by atoms with Crippen molar-refractivity contribution < 1.29 is 24.1 Å². The van der Waals surface area contributed by atoms with Crippen LogP contribution in [0.5, 0.6) is 0 Å². The first-order valence-corrected chi connectivity index (χ1v) is 10.6. The van der Waals surface area contributed by atoms with E-state index in [-0.39, 0.29) is 16.9 Å². The normalized spacial score (nSPS) is 43.2. The lowest BCUT2D eigenvalue weighted by Gasteiger charge is -2.56. The molecule has 5 heteroatoms. The summed E-state index contributed by atoms with van der Waals surface area (Å²) in [5, 5.41) is 0. The van der Waals surface area contributed by atoms with Gasteiger partial charge < -0.3 is 4.74 Å². The van der Waals surface area contributed by atoms with Crippen LogP contribution >= 0.6 is 0 Å². The smallest absolute Gasteiger partial charge is 0.429 e. The second-order valence-electron chi connectivity index (χ2n) is 9.40. The fourth-order valence-electron chi connectivity index (χ4n) is 6.76. The molecule has 5 nitrogen and oxygen atoms in total. The SMILES string of the molecule is CCOOC(=O)OC1CC[C@@]2(C)C(=CC[C@@H]3[C@H]2CC[C@]2(C)C(=O)CC[C@@H]32)C1. The van der Waals surface area contributed by atoms with E-state index < -0.39 is 6.16 Å². The van der Waals surface area contributed by atoms with Crippen LogP contribution < -0.4 is 0 Å². The third kappa shape index (κ3) is 3.02. The first kappa shape index (κ1) is 19.0. The molecule has 0 N–H and O–H groups in total. The molecule has 0 heterocycles. The summed E-state index contributed by atoms with van der Waals surface area (Å²) in [5.41, 5.74) is 1.54. The molecule has 0 aromatic heterocycles. The molecule has 0 radical (unpaired) electrons. The van der Waals surface area contributed by atoms with Crippen molar-refractivity contribution in [3.8, 4) is 0 Å². The number of fused-ring (bicyclic) bond motifs is 5. The topological polar surface area (TPSA) is 61.8 Å². The molecule has 6 atom stereocenters. The minimum Gasteiger partial charge on any atom is -0.429 e. The predicted molar refractivity (Wildman–Crippen MR) is 99.7 cm³/mol. The molecular formula is C22H32O5. The van der Waals surface area contributed by atoms with Gasteiger partial charge in [-0.05, 0) is 68.6 Å². The van der Waals surface area contributed by atoms with Crippen molar-refractivity contribution in [1.29, 1.82) is 0 Å². The first-order chi connectivity index (χ1) is 12.9. The second-order valence-corrected chi connectivity index (χ2v) is 9.40. The van der Waals surface area contributed by atoms with Gasteiger partial charge in [-0.15, -0.1) is 0 Å². The van der Waals surface area contributed by atoms with Crippen LogP contribution in [0.25, 0.3) is 0 Å². The maximum absolute atomic E-state index is 12.5. The lowest BCUT2D eigenvalue weighted by atomic mass is 9.48. The van der Waals surface area contributed by atoms with Gasteiger partial charge in [0.05, 0.1) is 6.61 Å². The van der Waals surface area contributed by atoms with Crippen LogP contribution in [-0.4, -0.2) is 24.6 Å². The quantitative estimate of drug-likeness (QED) is 0.300. The number of ketones is 1. The summed E-state index contributed by atoms with van der Waals surface area (Å²) < 4.78 is 5.45. The van der Waals surface area contributed by atoms with Gasteiger partial charge in [0, 0.05) is 18.3 Å². The van der Waals surface area contributed by atoms with Gasteiger partial charge in [0.15, 0.2) is 0 Å². The Hall–Kier alpha value is -1.36. The minimum absolute atomic E-state index is 0.0772. The van der Waals surface area contributed by atoms with Crippen molar-refractivity contribution in [2.75, 3.05) is 6.61 Å². The average molecular weight is 376 g/mol. The van der Waals surface area contributed by atoms with Gasteiger partial charge in [0.2, 0.25) is 0 Å². The molecule has 3 fully saturated rings. The number of carbonyl (C=O) groups is 2. The van der Waals surface area contributed by atoms with Crippen molar-refractivity contribution in [2.45, 2.75) is 78.2 Å². The van der Waals surface area contributed by atoms with E-state index in [9.17, 15) is 9.59 Å². The molecule has 4 aliphatic carbocycles. The highest BCUT2D eigenvalue weighted by atomic mass is 17.2. The number of hydrogen-bond donors (Lipinski definition) is 0. The molecule has 150 valence electrons. The zero-order valence-electron chi connectivity index (χ0n) is 16.8. The third-order valence-corrected chi connectivity index (χ3v) is 8.28. The number of rotatable bonds is 3. The summed E-state index contributed by atoms with van der Waals surface area (Å²) in [6, 6.07) is 0. The predicted octanol–water partition coefficient (Wildman–Crippen LogP) is 4.99. The van der Waals surface area contributed by atoms with Gasteiger partial charge in [0.1, 0.15) is 11.9 Å². The van der Waals surface area contributed by atoms with E-state index in [0.717, 1.165) is 51.4 Å². The molecule has 27 heavy (non-hydrogen) atoms. The van der Waals surface area contributed by atoms with Gasteiger partial charge in [-0.25, -0.2) is 4.79 Å². The Kier molecular flexibility index (Phi) is 4.86. The molecule has 0 saturated heterocycles. The van der Waals surface area contributed by atoms with Crippen LogP contribution in [0.2, 0.25) is 0 Å². The molecule has 0 amide bonds. The molecular weight excluding hydrogens is 344 g/mol. The fourth-order valence-corrected chi connectivity index (χ4v) is 6.76. The maximum Gasteiger partial charge on any atom is 0.540 e. The highest BCUT2D eigenvalue weighted by Crippen LogP contribution is 2.64. The lowest BCUT2D eigenvalue weighted by molar-refractivity contribution is -0.254. The van der Waals surface area contributed by atoms with Crippen molar-refractivity contribution in [2.24, 2.45) is 28.6 Å². The summed E-state index contributed by atoms with van der Waals surface area (Å²) in [5.74, 6) is 2.33. The lowest BCUT2D eigenvalue weighted by Crippen LogP contribution is -2.50. The van der Waals surface area contributed by atoms with E-state index in [1.165, 1.54) is 5.57 Å². The zero-order chi connectivity index (χ0) is 19.2. The largest absolute Gasteiger partial charge is 0.540 e. The van der Waals surface area contributed by atoms with E-state index in [1.54, 1.807) is 6.92 Å². The van der Waals surface area contributed by atoms with Gasteiger partial charge in [-0.2, -0.15) is 4.89 Å². The van der Waals surface area contributed by atoms with Gasteiger partial charge in [-0.3, -0.25) is 9.68 Å². The van der Waals surface area contributed by atoms with Crippen molar-refractivity contribution in [1.82, 2.24) is 0 Å². The van der Waals surface area contributed by atoms with Gasteiger partial charge >= 0.3 is 6.16 Å². The number of hydrogen-bond acceptors (Lipinski definition) is 5. The number of ether oxygens (including phenoxy) is 1. The molecule has 1 unspecified atom stereocenters. The summed E-state index contributed by atoms with van der Waals surface area (Å²) in [6.45, 7) is 6.70. The number of carbonyl (C=O) groups excluding carboxylic acids is 2. The number of Topliss-reactive ketones (excluding diaryl/α,β-unsaturated/α-hetero) is 1. The third-order valence-electron chi connectivity index (χ3n) is 8.28. The first-order valence-electron chi connectivity index (χ1n) is 10.6. The Morgan fingerprint density at radius 1 is 1.15 bits per heavy atom. The number of allylic oxidation sites excluding steroid dienone is 1. The molecule has 0 aromatic rings. The Bertz CT molecular complexity index is 655. The van der Waals surface area contributed by atoms with Crippen LogP contribution in [-0.2, 0) is 19.3 Å². The van der Waals surface area contributed by atoms with Crippen LogP contribution in [0.1, 0.15) is 72.1 Å². The monoisotopic (exact) mass is 376 g/mol. The van der Waals surface area contributed by atoms with E-state index in [2.05, 4.69) is 29.7 Å². The van der Waals surface area contributed by atoms with E-state index >= 15 is 0 Å². The standard InChI is InChI=1S/C22H32O5/c1-4-25-27-20(24)26-15-9-11-21(2)14(13-15)5-6-16-17-7-8-19(23)22(17,3)12-10-18(16)21/h5,15-18H,4,6-13H2,1-3H3/t15?,16-,17-,18+,21-,22-/m0/s1. The van der Waals surface area contributed by atoms with Crippen molar-refractivity contribution in [3.05, 3.63) is 11.6 Å². The summed E-state index contributed by atoms with van der Waals surface area (Å²) in [6.07, 6.45) is 9.33. The Morgan fingerprint density at radius 3 is 2.67 bits per heavy atom. The molecule has 0 aliphatic heterocycles. The molecule has 4 rings (SSSR count). The molecule has 0 aromatic carbocycles. The van der Waals surface area contributed by atoms with Crippen molar-refractivity contribution >= 4 is 11.9 Å². The Balaban J connectivity index is 1.48. The Labute approximate surface area is 161 Å². The Morgan fingerprint density at radius 2 is 1.89 bits per heavy atom. The average Bonchev–Trinajstić information content (AvgIpc) is 2.95. The molecule has 3 saturated carbocycles. The zero-order valence-corrected chi connectivity index (χ0v) is 16.8. The maximum atomic E-state index is 12.5.